The standard InChI is InChI=1S/C14H13ClN4O/c15-10-5-4-9-6-14(20)19(12(9)7-10)8-11-2-1-3-13(17-11)18-16/h1-5,7H,6,8,16H2,(H,17,18). The molecule has 1 aromatic heterocycles. The lowest BCUT2D eigenvalue weighted by atomic mass is 10.2. The number of carbonyl (C=O) groups is 1. The molecule has 1 amide bonds. The van der Waals surface area contributed by atoms with Gasteiger partial charge in [0.15, 0.2) is 0 Å². The first-order valence-electron chi connectivity index (χ1n) is 6.19. The Morgan fingerprint density at radius 2 is 2.20 bits per heavy atom. The van der Waals surface area contributed by atoms with Gasteiger partial charge in [0.25, 0.3) is 0 Å². The highest BCUT2D eigenvalue weighted by molar-refractivity contribution is 6.31. The minimum absolute atomic E-state index is 0.0511. The molecular formula is C14H13ClN4O. The van der Waals surface area contributed by atoms with Crippen LogP contribution in [0.4, 0.5) is 11.5 Å². The van der Waals surface area contributed by atoms with Crippen LogP contribution in [-0.4, -0.2) is 10.9 Å². The van der Waals surface area contributed by atoms with Gasteiger partial charge in [0.2, 0.25) is 5.91 Å². The lowest BCUT2D eigenvalue weighted by Crippen LogP contribution is -2.26. The Labute approximate surface area is 121 Å². The van der Waals surface area contributed by atoms with E-state index in [4.69, 9.17) is 17.4 Å². The van der Waals surface area contributed by atoms with E-state index in [2.05, 4.69) is 10.4 Å². The molecule has 2 aromatic rings. The number of aromatic nitrogens is 1. The summed E-state index contributed by atoms with van der Waals surface area (Å²) in [5, 5.41) is 0.619. The number of hydrogen-bond acceptors (Lipinski definition) is 4. The average molecular weight is 289 g/mol. The third-order valence-electron chi connectivity index (χ3n) is 3.26. The van der Waals surface area contributed by atoms with Crippen molar-refractivity contribution < 1.29 is 4.79 Å². The Morgan fingerprint density at radius 3 is 3.00 bits per heavy atom. The quantitative estimate of drug-likeness (QED) is 0.670. The van der Waals surface area contributed by atoms with E-state index in [1.807, 2.05) is 24.3 Å². The minimum atomic E-state index is 0.0511. The van der Waals surface area contributed by atoms with Gasteiger partial charge in [0, 0.05) is 10.7 Å². The largest absolute Gasteiger partial charge is 0.308 e. The molecule has 2 heterocycles. The van der Waals surface area contributed by atoms with Crippen molar-refractivity contribution in [3.8, 4) is 0 Å². The summed E-state index contributed by atoms with van der Waals surface area (Å²) in [6.07, 6.45) is 0.404. The zero-order valence-corrected chi connectivity index (χ0v) is 11.4. The molecule has 6 heteroatoms. The van der Waals surface area contributed by atoms with E-state index in [0.717, 1.165) is 16.9 Å². The monoisotopic (exact) mass is 288 g/mol. The summed E-state index contributed by atoms with van der Waals surface area (Å²) >= 11 is 6.01. The van der Waals surface area contributed by atoms with E-state index in [1.54, 1.807) is 17.0 Å². The SMILES string of the molecule is NNc1cccc(CN2C(=O)Cc3ccc(Cl)cc32)n1. The second-order valence-electron chi connectivity index (χ2n) is 4.59. The first-order valence-corrected chi connectivity index (χ1v) is 6.56. The summed E-state index contributed by atoms with van der Waals surface area (Å²) in [7, 11) is 0. The van der Waals surface area contributed by atoms with E-state index in [0.29, 0.717) is 23.8 Å². The van der Waals surface area contributed by atoms with Gasteiger partial charge in [-0.05, 0) is 29.8 Å². The normalized spacial score (nSPS) is 13.5. The van der Waals surface area contributed by atoms with Gasteiger partial charge in [-0.25, -0.2) is 10.8 Å². The summed E-state index contributed by atoms with van der Waals surface area (Å²) in [6, 6.07) is 11.0. The van der Waals surface area contributed by atoms with E-state index in [1.165, 1.54) is 0 Å². The average Bonchev–Trinajstić information content (AvgIpc) is 2.75. The number of hydrazine groups is 1. The Balaban J connectivity index is 1.91. The highest BCUT2D eigenvalue weighted by atomic mass is 35.5. The van der Waals surface area contributed by atoms with Gasteiger partial charge >= 0.3 is 0 Å². The fourth-order valence-electron chi connectivity index (χ4n) is 2.31. The number of nitrogen functional groups attached to an aromatic ring is 1. The molecule has 3 N–H and O–H groups in total. The van der Waals surface area contributed by atoms with Crippen molar-refractivity contribution in [1.82, 2.24) is 4.98 Å². The molecule has 20 heavy (non-hydrogen) atoms. The highest BCUT2D eigenvalue weighted by Gasteiger charge is 2.27. The van der Waals surface area contributed by atoms with Crippen molar-refractivity contribution in [3.05, 3.63) is 52.7 Å². The van der Waals surface area contributed by atoms with Gasteiger partial charge in [0.05, 0.1) is 18.7 Å². The van der Waals surface area contributed by atoms with Crippen LogP contribution in [0.25, 0.3) is 0 Å². The van der Waals surface area contributed by atoms with Crippen LogP contribution in [-0.2, 0) is 17.8 Å². The summed E-state index contributed by atoms with van der Waals surface area (Å²) < 4.78 is 0. The van der Waals surface area contributed by atoms with Crippen molar-refractivity contribution in [2.45, 2.75) is 13.0 Å². The number of halogens is 1. The predicted octanol–water partition coefficient (Wildman–Crippen LogP) is 2.11. The zero-order valence-electron chi connectivity index (χ0n) is 10.6. The van der Waals surface area contributed by atoms with Gasteiger partial charge in [-0.3, -0.25) is 4.79 Å². The summed E-state index contributed by atoms with van der Waals surface area (Å²) in [5.74, 6) is 5.96. The first-order chi connectivity index (χ1) is 9.67. The molecule has 5 nitrogen and oxygen atoms in total. The molecule has 3 rings (SSSR count). The second kappa shape index (κ2) is 5.11. The van der Waals surface area contributed by atoms with Crippen LogP contribution in [0.15, 0.2) is 36.4 Å². The Hall–Kier alpha value is -2.11. The first kappa shape index (κ1) is 12.9. The molecule has 0 saturated carbocycles. The molecule has 1 aromatic carbocycles. The van der Waals surface area contributed by atoms with Gasteiger partial charge in [-0.15, -0.1) is 0 Å². The van der Waals surface area contributed by atoms with Crippen LogP contribution in [0, 0.1) is 0 Å². The number of pyridine rings is 1. The number of rotatable bonds is 3. The fraction of sp³-hybridized carbons (Fsp3) is 0.143. The van der Waals surface area contributed by atoms with E-state index >= 15 is 0 Å². The molecule has 0 unspecified atom stereocenters. The predicted molar refractivity (Wildman–Crippen MR) is 78.4 cm³/mol. The zero-order chi connectivity index (χ0) is 14.1. The smallest absolute Gasteiger partial charge is 0.231 e. The van der Waals surface area contributed by atoms with Crippen LogP contribution in [0.2, 0.25) is 5.02 Å². The number of carbonyl (C=O) groups excluding carboxylic acids is 1. The minimum Gasteiger partial charge on any atom is -0.308 e. The highest BCUT2D eigenvalue weighted by Crippen LogP contribution is 2.32. The number of nitrogens with one attached hydrogen (secondary N) is 1. The van der Waals surface area contributed by atoms with Gasteiger partial charge < -0.3 is 10.3 Å². The van der Waals surface area contributed by atoms with E-state index < -0.39 is 0 Å². The molecule has 0 atom stereocenters. The van der Waals surface area contributed by atoms with Crippen molar-refractivity contribution in [2.24, 2.45) is 5.84 Å². The molecule has 0 aliphatic carbocycles. The maximum atomic E-state index is 12.1. The fourth-order valence-corrected chi connectivity index (χ4v) is 2.48. The van der Waals surface area contributed by atoms with Crippen molar-refractivity contribution in [1.29, 1.82) is 0 Å². The third kappa shape index (κ3) is 2.33. The number of nitrogens with zero attached hydrogens (tertiary/aromatic N) is 2. The number of hydrogen-bond donors (Lipinski definition) is 2. The molecule has 0 fully saturated rings. The van der Waals surface area contributed by atoms with E-state index in [9.17, 15) is 4.79 Å². The third-order valence-corrected chi connectivity index (χ3v) is 3.49. The number of benzene rings is 1. The Kier molecular flexibility index (Phi) is 3.30. The van der Waals surface area contributed by atoms with Crippen LogP contribution < -0.4 is 16.2 Å². The number of anilines is 2. The topological polar surface area (TPSA) is 71.2 Å². The Morgan fingerprint density at radius 1 is 1.35 bits per heavy atom. The van der Waals surface area contributed by atoms with E-state index in [-0.39, 0.29) is 5.91 Å². The summed E-state index contributed by atoms with van der Waals surface area (Å²) in [4.78, 5) is 18.1. The van der Waals surface area contributed by atoms with Crippen LogP contribution in [0.3, 0.4) is 0 Å². The number of fused-ring (bicyclic) bond motifs is 1. The molecule has 0 spiro atoms. The number of amides is 1. The summed E-state index contributed by atoms with van der Waals surface area (Å²) in [5.41, 5.74) is 5.11. The molecule has 0 radical (unpaired) electrons. The maximum absolute atomic E-state index is 12.1. The van der Waals surface area contributed by atoms with Crippen LogP contribution in [0.5, 0.6) is 0 Å². The molecule has 1 aliphatic heterocycles. The Bertz CT molecular complexity index is 674. The second-order valence-corrected chi connectivity index (χ2v) is 5.02. The molecule has 102 valence electrons. The van der Waals surface area contributed by atoms with Crippen molar-refractivity contribution in [3.63, 3.8) is 0 Å². The summed E-state index contributed by atoms with van der Waals surface area (Å²) in [6.45, 7) is 0.404. The lowest BCUT2D eigenvalue weighted by Gasteiger charge is -2.17. The maximum Gasteiger partial charge on any atom is 0.231 e. The van der Waals surface area contributed by atoms with Gasteiger partial charge in [-0.1, -0.05) is 23.7 Å². The molecule has 0 saturated heterocycles. The molecule has 1 aliphatic rings. The van der Waals surface area contributed by atoms with Crippen molar-refractivity contribution in [2.75, 3.05) is 10.3 Å². The molecular weight excluding hydrogens is 276 g/mol. The number of nitrogens with two attached hydrogens (primary N) is 1. The van der Waals surface area contributed by atoms with Gasteiger partial charge in [0.1, 0.15) is 5.82 Å². The van der Waals surface area contributed by atoms with Crippen LogP contribution >= 0.6 is 11.6 Å². The van der Waals surface area contributed by atoms with Gasteiger partial charge in [-0.2, -0.15) is 0 Å². The molecule has 0 bridgehead atoms. The van der Waals surface area contributed by atoms with Crippen molar-refractivity contribution >= 4 is 29.0 Å². The van der Waals surface area contributed by atoms with Crippen LogP contribution in [0.1, 0.15) is 11.3 Å². The lowest BCUT2D eigenvalue weighted by molar-refractivity contribution is -0.117.